The summed E-state index contributed by atoms with van der Waals surface area (Å²) in [4.78, 5) is 24.4. The fraction of sp³-hybridized carbons (Fsp3) is 0.857. The number of halogens is 3. The Morgan fingerprint density at radius 3 is 2.14 bits per heavy atom. The molecule has 0 aromatic heterocycles. The van der Waals surface area contributed by atoms with E-state index in [0.717, 1.165) is 11.3 Å². The fourth-order valence-electron chi connectivity index (χ4n) is 2.94. The minimum Gasteiger partial charge on any atom is -0.481 e. The van der Waals surface area contributed by atoms with Crippen LogP contribution in [0.3, 0.4) is 0 Å². The Kier molecular flexibility index (Phi) is 5.64. The van der Waals surface area contributed by atoms with Crippen LogP contribution in [-0.4, -0.2) is 40.6 Å². The highest BCUT2D eigenvalue weighted by atomic mass is 19.4. The highest BCUT2D eigenvalue weighted by Gasteiger charge is 2.45. The fourth-order valence-corrected chi connectivity index (χ4v) is 2.94. The van der Waals surface area contributed by atoms with Crippen LogP contribution < -0.4 is 0 Å². The SMILES string of the molecule is CCC1CC(C(=O)O)C(C(=O)N(CC(F)(F)F)C(C)C)C1. The van der Waals surface area contributed by atoms with Gasteiger partial charge in [-0.05, 0) is 32.6 Å². The lowest BCUT2D eigenvalue weighted by atomic mass is 9.94. The van der Waals surface area contributed by atoms with Gasteiger partial charge >= 0.3 is 12.1 Å². The van der Waals surface area contributed by atoms with Gasteiger partial charge in [-0.1, -0.05) is 13.3 Å². The smallest absolute Gasteiger partial charge is 0.406 e. The normalized spacial score (nSPS) is 26.1. The number of carboxylic acid groups (broad SMARTS) is 1. The van der Waals surface area contributed by atoms with Crippen LogP contribution in [0.4, 0.5) is 13.2 Å². The van der Waals surface area contributed by atoms with Gasteiger partial charge in [0.05, 0.1) is 11.8 Å². The second kappa shape index (κ2) is 6.66. The lowest BCUT2D eigenvalue weighted by Crippen LogP contribution is -2.47. The number of rotatable bonds is 5. The highest BCUT2D eigenvalue weighted by molar-refractivity contribution is 5.85. The molecule has 0 radical (unpaired) electrons. The third kappa shape index (κ3) is 4.61. The first-order valence-electron chi connectivity index (χ1n) is 7.16. The first kappa shape index (κ1) is 17.8. The molecule has 0 aliphatic heterocycles. The number of nitrogens with zero attached hydrogens (tertiary/aromatic N) is 1. The second-order valence-corrected chi connectivity index (χ2v) is 5.97. The van der Waals surface area contributed by atoms with Crippen molar-refractivity contribution in [1.82, 2.24) is 4.90 Å². The van der Waals surface area contributed by atoms with Crippen LogP contribution in [0, 0.1) is 17.8 Å². The molecule has 1 aliphatic rings. The van der Waals surface area contributed by atoms with Crippen molar-refractivity contribution in [3.63, 3.8) is 0 Å². The summed E-state index contributed by atoms with van der Waals surface area (Å²) in [6.07, 6.45) is -3.04. The highest BCUT2D eigenvalue weighted by Crippen LogP contribution is 2.40. The number of carbonyl (C=O) groups is 2. The van der Waals surface area contributed by atoms with Gasteiger partial charge in [-0.2, -0.15) is 13.2 Å². The Morgan fingerprint density at radius 1 is 1.24 bits per heavy atom. The average Bonchev–Trinajstić information content (AvgIpc) is 2.78. The number of carbonyl (C=O) groups excluding carboxylic acids is 1. The lowest BCUT2D eigenvalue weighted by Gasteiger charge is -2.31. The maximum absolute atomic E-state index is 12.6. The zero-order chi connectivity index (χ0) is 16.4. The molecule has 0 bridgehead atoms. The van der Waals surface area contributed by atoms with E-state index >= 15 is 0 Å². The van der Waals surface area contributed by atoms with Crippen LogP contribution in [0.2, 0.25) is 0 Å². The molecule has 21 heavy (non-hydrogen) atoms. The van der Waals surface area contributed by atoms with Crippen LogP contribution in [0.1, 0.15) is 40.0 Å². The predicted octanol–water partition coefficient (Wildman–Crippen LogP) is 2.92. The van der Waals surface area contributed by atoms with Gasteiger partial charge in [-0.15, -0.1) is 0 Å². The van der Waals surface area contributed by atoms with E-state index in [1.54, 1.807) is 0 Å². The standard InChI is InChI=1S/C14H22F3NO3/c1-4-9-5-10(11(6-9)13(20)21)12(19)18(8(2)3)7-14(15,16)17/h8-11H,4-7H2,1-3H3,(H,20,21). The van der Waals surface area contributed by atoms with Crippen molar-refractivity contribution in [2.45, 2.75) is 52.3 Å². The summed E-state index contributed by atoms with van der Waals surface area (Å²) in [6, 6.07) is -0.616. The third-order valence-corrected chi connectivity index (χ3v) is 4.13. The third-order valence-electron chi connectivity index (χ3n) is 4.13. The number of aliphatic carboxylic acids is 1. The van der Waals surface area contributed by atoms with Gasteiger partial charge in [-0.3, -0.25) is 9.59 Å². The molecule has 0 saturated heterocycles. The number of hydrogen-bond acceptors (Lipinski definition) is 2. The van der Waals surface area contributed by atoms with Gasteiger partial charge < -0.3 is 10.0 Å². The molecule has 3 atom stereocenters. The Bertz CT molecular complexity index is 395. The molecule has 1 aliphatic carbocycles. The summed E-state index contributed by atoms with van der Waals surface area (Å²) in [7, 11) is 0. The number of alkyl halides is 3. The molecule has 0 spiro atoms. The van der Waals surface area contributed by atoms with Crippen LogP contribution in [-0.2, 0) is 9.59 Å². The maximum Gasteiger partial charge on any atom is 0.406 e. The average molecular weight is 309 g/mol. The van der Waals surface area contributed by atoms with Crippen molar-refractivity contribution in [3.8, 4) is 0 Å². The largest absolute Gasteiger partial charge is 0.481 e. The molecule has 1 amide bonds. The monoisotopic (exact) mass is 309 g/mol. The first-order valence-corrected chi connectivity index (χ1v) is 7.16. The molecule has 1 fully saturated rings. The maximum atomic E-state index is 12.6. The van der Waals surface area contributed by atoms with Gasteiger partial charge in [0.15, 0.2) is 0 Å². The van der Waals surface area contributed by atoms with E-state index in [0.29, 0.717) is 12.8 Å². The topological polar surface area (TPSA) is 57.6 Å². The number of carboxylic acids is 1. The number of hydrogen-bond donors (Lipinski definition) is 1. The van der Waals surface area contributed by atoms with E-state index in [1.807, 2.05) is 6.92 Å². The predicted molar refractivity (Wildman–Crippen MR) is 70.5 cm³/mol. The minimum atomic E-state index is -4.48. The van der Waals surface area contributed by atoms with E-state index in [2.05, 4.69) is 0 Å². The van der Waals surface area contributed by atoms with E-state index in [-0.39, 0.29) is 5.92 Å². The Labute approximate surface area is 122 Å². The molecule has 122 valence electrons. The van der Waals surface area contributed by atoms with Crippen molar-refractivity contribution in [3.05, 3.63) is 0 Å². The molecular weight excluding hydrogens is 287 g/mol. The minimum absolute atomic E-state index is 0.0833. The quantitative estimate of drug-likeness (QED) is 0.849. The summed E-state index contributed by atoms with van der Waals surface area (Å²) in [5.41, 5.74) is 0. The lowest BCUT2D eigenvalue weighted by molar-refractivity contribution is -0.169. The van der Waals surface area contributed by atoms with Crippen molar-refractivity contribution >= 4 is 11.9 Å². The molecule has 0 aromatic rings. The van der Waals surface area contributed by atoms with Crippen molar-refractivity contribution in [2.24, 2.45) is 17.8 Å². The molecule has 1 N–H and O–H groups in total. The van der Waals surface area contributed by atoms with Crippen molar-refractivity contribution in [1.29, 1.82) is 0 Å². The van der Waals surface area contributed by atoms with Crippen molar-refractivity contribution < 1.29 is 27.9 Å². The van der Waals surface area contributed by atoms with Crippen LogP contribution >= 0.6 is 0 Å². The van der Waals surface area contributed by atoms with Gasteiger partial charge in [-0.25, -0.2) is 0 Å². The Hall–Kier alpha value is -1.27. The molecule has 1 saturated carbocycles. The number of amides is 1. The van der Waals surface area contributed by atoms with Gasteiger partial charge in [0, 0.05) is 6.04 Å². The summed E-state index contributed by atoms with van der Waals surface area (Å²) in [5, 5.41) is 9.21. The van der Waals surface area contributed by atoms with Crippen LogP contribution in [0.5, 0.6) is 0 Å². The molecule has 0 heterocycles. The van der Waals surface area contributed by atoms with E-state index in [1.165, 1.54) is 13.8 Å². The molecular formula is C14H22F3NO3. The summed E-state index contributed by atoms with van der Waals surface area (Å²) < 4.78 is 37.8. The molecule has 1 rings (SSSR count). The van der Waals surface area contributed by atoms with Gasteiger partial charge in [0.25, 0.3) is 0 Å². The van der Waals surface area contributed by atoms with Crippen LogP contribution in [0.25, 0.3) is 0 Å². The zero-order valence-electron chi connectivity index (χ0n) is 12.5. The van der Waals surface area contributed by atoms with Gasteiger partial charge in [0.2, 0.25) is 5.91 Å². The Morgan fingerprint density at radius 2 is 1.76 bits per heavy atom. The van der Waals surface area contributed by atoms with E-state index in [4.69, 9.17) is 0 Å². The zero-order valence-corrected chi connectivity index (χ0v) is 12.5. The molecule has 7 heteroatoms. The van der Waals surface area contributed by atoms with Gasteiger partial charge in [0.1, 0.15) is 6.54 Å². The summed E-state index contributed by atoms with van der Waals surface area (Å²) in [6.45, 7) is 3.58. The molecule has 0 aromatic carbocycles. The van der Waals surface area contributed by atoms with E-state index < -0.39 is 42.5 Å². The summed E-state index contributed by atoms with van der Waals surface area (Å²) in [5.74, 6) is -3.43. The van der Waals surface area contributed by atoms with Crippen molar-refractivity contribution in [2.75, 3.05) is 6.54 Å². The Balaban J connectivity index is 2.93. The van der Waals surface area contributed by atoms with E-state index in [9.17, 15) is 27.9 Å². The second-order valence-electron chi connectivity index (χ2n) is 5.97. The van der Waals surface area contributed by atoms with Crippen LogP contribution in [0.15, 0.2) is 0 Å². The molecule has 4 nitrogen and oxygen atoms in total. The summed E-state index contributed by atoms with van der Waals surface area (Å²) >= 11 is 0. The molecule has 3 unspecified atom stereocenters. The first-order chi connectivity index (χ1) is 9.56.